The molecule has 1 nitrogen and oxygen atoms in total. The van der Waals surface area contributed by atoms with Crippen LogP contribution in [0, 0.1) is 0 Å². The van der Waals surface area contributed by atoms with Crippen LogP contribution in [0.3, 0.4) is 0 Å². The molecule has 2 heteroatoms. The summed E-state index contributed by atoms with van der Waals surface area (Å²) in [5.41, 5.74) is 5.34. The van der Waals surface area contributed by atoms with E-state index in [-0.39, 0.29) is 0 Å². The summed E-state index contributed by atoms with van der Waals surface area (Å²) in [6.07, 6.45) is 7.38. The van der Waals surface area contributed by atoms with Gasteiger partial charge in [0.15, 0.2) is 0 Å². The number of hydrogen-bond acceptors (Lipinski definition) is 1. The van der Waals surface area contributed by atoms with Crippen LogP contribution >= 0.6 is 15.9 Å². The Bertz CT molecular complexity index is 616. The molecule has 90 valence electrons. The minimum absolute atomic E-state index is 0.328. The lowest BCUT2D eigenvalue weighted by molar-refractivity contribution is 1.00. The zero-order valence-electron chi connectivity index (χ0n) is 10.2. The monoisotopic (exact) mass is 299 g/mol. The van der Waals surface area contributed by atoms with Crippen LogP contribution in [0.2, 0.25) is 0 Å². The number of fused-ring (bicyclic) bond motifs is 1. The van der Waals surface area contributed by atoms with E-state index in [4.69, 9.17) is 0 Å². The van der Waals surface area contributed by atoms with Crippen LogP contribution in [0.1, 0.15) is 35.1 Å². The molecule has 0 N–H and O–H groups in total. The van der Waals surface area contributed by atoms with Crippen molar-refractivity contribution >= 4 is 22.0 Å². The normalized spacial score (nSPS) is 16.9. The molecular formula is C16H14BrN. The van der Waals surface area contributed by atoms with E-state index in [0.29, 0.717) is 5.92 Å². The van der Waals surface area contributed by atoms with Gasteiger partial charge in [0.05, 0.1) is 0 Å². The van der Waals surface area contributed by atoms with Gasteiger partial charge in [0.2, 0.25) is 0 Å². The minimum Gasteiger partial charge on any atom is -0.249 e. The molecule has 0 saturated heterocycles. The van der Waals surface area contributed by atoms with Crippen molar-refractivity contribution in [3.63, 3.8) is 0 Å². The Morgan fingerprint density at radius 3 is 2.89 bits per heavy atom. The molecule has 1 aliphatic carbocycles. The number of halogens is 1. The third-order valence-electron chi connectivity index (χ3n) is 3.49. The SMILES string of the molecule is CCc1ccc2c(c1)C=CC2c1cccnc1Br. The molecule has 1 atom stereocenters. The lowest BCUT2D eigenvalue weighted by Crippen LogP contribution is -1.98. The third kappa shape index (κ3) is 1.91. The number of nitrogens with zero attached hydrogens (tertiary/aromatic N) is 1. The Balaban J connectivity index is 2.06. The van der Waals surface area contributed by atoms with Crippen LogP contribution in [0.5, 0.6) is 0 Å². The predicted molar refractivity (Wildman–Crippen MR) is 78.6 cm³/mol. The highest BCUT2D eigenvalue weighted by Gasteiger charge is 2.21. The summed E-state index contributed by atoms with van der Waals surface area (Å²) >= 11 is 3.54. The van der Waals surface area contributed by atoms with Crippen molar-refractivity contribution in [2.45, 2.75) is 19.3 Å². The second-order valence-electron chi connectivity index (χ2n) is 4.54. The molecule has 1 unspecified atom stereocenters. The van der Waals surface area contributed by atoms with Gasteiger partial charge in [-0.15, -0.1) is 0 Å². The third-order valence-corrected chi connectivity index (χ3v) is 4.15. The first-order valence-corrected chi connectivity index (χ1v) is 7.00. The Morgan fingerprint density at radius 1 is 1.22 bits per heavy atom. The molecule has 1 aromatic heterocycles. The number of rotatable bonds is 2. The summed E-state index contributed by atoms with van der Waals surface area (Å²) in [5, 5.41) is 0. The summed E-state index contributed by atoms with van der Waals surface area (Å²) in [5.74, 6) is 0.328. The zero-order chi connectivity index (χ0) is 12.5. The number of benzene rings is 1. The molecule has 0 bridgehead atoms. The van der Waals surface area contributed by atoms with Gasteiger partial charge < -0.3 is 0 Å². The Morgan fingerprint density at radius 2 is 2.11 bits per heavy atom. The van der Waals surface area contributed by atoms with Crippen LogP contribution in [0.25, 0.3) is 6.08 Å². The molecule has 0 radical (unpaired) electrons. The highest BCUT2D eigenvalue weighted by Crippen LogP contribution is 2.37. The van der Waals surface area contributed by atoms with E-state index in [9.17, 15) is 0 Å². The van der Waals surface area contributed by atoms with Crippen molar-refractivity contribution in [3.05, 3.63) is 69.5 Å². The maximum atomic E-state index is 4.31. The highest BCUT2D eigenvalue weighted by molar-refractivity contribution is 9.10. The number of aryl methyl sites for hydroxylation is 1. The molecule has 0 amide bonds. The molecule has 2 aromatic rings. The predicted octanol–water partition coefficient (Wildman–Crippen LogP) is 4.57. The van der Waals surface area contributed by atoms with Crippen molar-refractivity contribution in [2.24, 2.45) is 0 Å². The largest absolute Gasteiger partial charge is 0.249 e. The van der Waals surface area contributed by atoms with Gasteiger partial charge in [-0.2, -0.15) is 0 Å². The Labute approximate surface area is 116 Å². The second kappa shape index (κ2) is 4.69. The van der Waals surface area contributed by atoms with Gasteiger partial charge in [0, 0.05) is 12.1 Å². The minimum atomic E-state index is 0.328. The van der Waals surface area contributed by atoms with Crippen LogP contribution in [-0.2, 0) is 6.42 Å². The molecule has 0 fully saturated rings. The number of aromatic nitrogens is 1. The van der Waals surface area contributed by atoms with Crippen molar-refractivity contribution in [3.8, 4) is 0 Å². The van der Waals surface area contributed by atoms with E-state index < -0.39 is 0 Å². The molecular weight excluding hydrogens is 286 g/mol. The molecule has 0 saturated carbocycles. The lowest BCUT2D eigenvalue weighted by Gasteiger charge is -2.13. The zero-order valence-corrected chi connectivity index (χ0v) is 11.8. The molecule has 1 aromatic carbocycles. The summed E-state index contributed by atoms with van der Waals surface area (Å²) < 4.78 is 0.937. The molecule has 0 aliphatic heterocycles. The average Bonchev–Trinajstić information content (AvgIpc) is 2.82. The number of hydrogen-bond donors (Lipinski definition) is 0. The molecule has 0 spiro atoms. The van der Waals surface area contributed by atoms with Gasteiger partial charge in [0.25, 0.3) is 0 Å². The fourth-order valence-corrected chi connectivity index (χ4v) is 2.97. The quantitative estimate of drug-likeness (QED) is 0.741. The lowest BCUT2D eigenvalue weighted by atomic mass is 9.93. The summed E-state index contributed by atoms with van der Waals surface area (Å²) in [4.78, 5) is 4.31. The standard InChI is InChI=1S/C16H14BrN/c1-2-11-5-7-13-12(10-11)6-8-14(13)15-4-3-9-18-16(15)17/h3-10,14H,2H2,1H3. The topological polar surface area (TPSA) is 12.9 Å². The van der Waals surface area contributed by atoms with Crippen molar-refractivity contribution in [1.29, 1.82) is 0 Å². The van der Waals surface area contributed by atoms with Gasteiger partial charge in [-0.25, -0.2) is 4.98 Å². The van der Waals surface area contributed by atoms with Gasteiger partial charge in [0.1, 0.15) is 4.60 Å². The van der Waals surface area contributed by atoms with Crippen molar-refractivity contribution < 1.29 is 0 Å². The van der Waals surface area contributed by atoms with Gasteiger partial charge >= 0.3 is 0 Å². The van der Waals surface area contributed by atoms with Gasteiger partial charge in [-0.3, -0.25) is 0 Å². The number of allylic oxidation sites excluding steroid dienone is 1. The molecule has 1 heterocycles. The van der Waals surface area contributed by atoms with Crippen LogP contribution in [-0.4, -0.2) is 4.98 Å². The number of pyridine rings is 1. The maximum Gasteiger partial charge on any atom is 0.110 e. The van der Waals surface area contributed by atoms with Crippen LogP contribution in [0.4, 0.5) is 0 Å². The highest BCUT2D eigenvalue weighted by atomic mass is 79.9. The molecule has 18 heavy (non-hydrogen) atoms. The fraction of sp³-hybridized carbons (Fsp3) is 0.188. The summed E-state index contributed by atoms with van der Waals surface area (Å²) in [6.45, 7) is 2.19. The van der Waals surface area contributed by atoms with Gasteiger partial charge in [-0.05, 0) is 50.7 Å². The van der Waals surface area contributed by atoms with Gasteiger partial charge in [-0.1, -0.05) is 43.3 Å². The first-order chi connectivity index (χ1) is 8.79. The van der Waals surface area contributed by atoms with E-state index in [1.54, 1.807) is 0 Å². The summed E-state index contributed by atoms with van der Waals surface area (Å²) in [6, 6.07) is 10.9. The van der Waals surface area contributed by atoms with Crippen LogP contribution < -0.4 is 0 Å². The second-order valence-corrected chi connectivity index (χ2v) is 5.29. The maximum absolute atomic E-state index is 4.31. The van der Waals surface area contributed by atoms with Crippen molar-refractivity contribution in [1.82, 2.24) is 4.98 Å². The van der Waals surface area contributed by atoms with E-state index in [1.807, 2.05) is 12.3 Å². The van der Waals surface area contributed by atoms with E-state index in [2.05, 4.69) is 64.3 Å². The van der Waals surface area contributed by atoms with Crippen molar-refractivity contribution in [2.75, 3.05) is 0 Å². The summed E-state index contributed by atoms with van der Waals surface area (Å²) in [7, 11) is 0. The Hall–Kier alpha value is -1.41. The average molecular weight is 300 g/mol. The Kier molecular flexibility index (Phi) is 3.04. The van der Waals surface area contributed by atoms with E-state index in [0.717, 1.165) is 11.0 Å². The fourth-order valence-electron chi connectivity index (χ4n) is 2.48. The first-order valence-electron chi connectivity index (χ1n) is 6.21. The van der Waals surface area contributed by atoms with E-state index >= 15 is 0 Å². The molecule has 3 rings (SSSR count). The van der Waals surface area contributed by atoms with E-state index in [1.165, 1.54) is 22.3 Å². The smallest absolute Gasteiger partial charge is 0.110 e. The first kappa shape index (κ1) is 11.7. The van der Waals surface area contributed by atoms with Crippen LogP contribution in [0.15, 0.2) is 47.2 Å². The molecule has 1 aliphatic rings.